The highest BCUT2D eigenvalue weighted by Gasteiger charge is 2.51. The van der Waals surface area contributed by atoms with E-state index in [2.05, 4.69) is 4.98 Å². The molecule has 3 rings (SSSR count). The molecule has 1 saturated heterocycles. The van der Waals surface area contributed by atoms with E-state index < -0.39 is 17.7 Å². The van der Waals surface area contributed by atoms with Crippen molar-refractivity contribution in [1.82, 2.24) is 19.4 Å². The van der Waals surface area contributed by atoms with Gasteiger partial charge in [0.2, 0.25) is 0 Å². The minimum atomic E-state index is -1.01. The Kier molecular flexibility index (Phi) is 5.02. The molecule has 3 amide bonds. The fourth-order valence-corrected chi connectivity index (χ4v) is 3.17. The van der Waals surface area contributed by atoms with Gasteiger partial charge in [0.05, 0.1) is 32.1 Å². The summed E-state index contributed by atoms with van der Waals surface area (Å²) in [5.41, 5.74) is -0.202. The van der Waals surface area contributed by atoms with Crippen LogP contribution < -0.4 is 0 Å². The van der Waals surface area contributed by atoms with E-state index in [9.17, 15) is 14.7 Å². The zero-order valence-electron chi connectivity index (χ0n) is 14.7. The van der Waals surface area contributed by atoms with Crippen LogP contribution in [0.25, 0.3) is 0 Å². The number of aliphatic hydroxyl groups excluding tert-OH is 1. The number of rotatable bonds is 6. The number of aliphatic hydroxyl groups is 1. The van der Waals surface area contributed by atoms with Crippen molar-refractivity contribution in [1.29, 1.82) is 0 Å². The van der Waals surface area contributed by atoms with E-state index in [1.165, 1.54) is 9.80 Å². The van der Waals surface area contributed by atoms with Crippen molar-refractivity contribution < 1.29 is 14.7 Å². The van der Waals surface area contributed by atoms with Crippen molar-refractivity contribution in [3.8, 4) is 0 Å². The molecule has 1 fully saturated rings. The minimum absolute atomic E-state index is 0.0624. The molecule has 26 heavy (non-hydrogen) atoms. The van der Waals surface area contributed by atoms with Crippen LogP contribution in [-0.2, 0) is 17.9 Å². The summed E-state index contributed by atoms with van der Waals surface area (Å²) < 4.78 is 1.73. The van der Waals surface area contributed by atoms with Crippen LogP contribution in [0.3, 0.4) is 0 Å². The standard InChI is InChI=1S/C18H21ClN4O3/c1-18(2)16(25)22(9-13-3-5-14(19)6-4-13)17(26)23(18)11-15(24)10-21-8-7-20-12-21/h3-8,12,15,24H,9-11H2,1-2H3. The van der Waals surface area contributed by atoms with E-state index in [1.54, 1.807) is 61.4 Å². The minimum Gasteiger partial charge on any atom is -0.389 e. The van der Waals surface area contributed by atoms with Crippen molar-refractivity contribution >= 4 is 23.5 Å². The molecular formula is C18H21ClN4O3. The topological polar surface area (TPSA) is 78.7 Å². The summed E-state index contributed by atoms with van der Waals surface area (Å²) in [6.45, 7) is 3.92. The molecule has 7 nitrogen and oxygen atoms in total. The van der Waals surface area contributed by atoms with E-state index in [1.807, 2.05) is 0 Å². The first kappa shape index (κ1) is 18.4. The fraction of sp³-hybridized carbons (Fsp3) is 0.389. The van der Waals surface area contributed by atoms with E-state index >= 15 is 0 Å². The molecule has 1 aliphatic rings. The van der Waals surface area contributed by atoms with Gasteiger partial charge >= 0.3 is 6.03 Å². The second kappa shape index (κ2) is 7.09. The number of urea groups is 1. The monoisotopic (exact) mass is 376 g/mol. The number of hydrogen-bond acceptors (Lipinski definition) is 4. The van der Waals surface area contributed by atoms with Gasteiger partial charge in [0.15, 0.2) is 0 Å². The summed E-state index contributed by atoms with van der Waals surface area (Å²) in [6, 6.07) is 6.61. The Hall–Kier alpha value is -2.38. The largest absolute Gasteiger partial charge is 0.389 e. The molecule has 2 heterocycles. The first-order chi connectivity index (χ1) is 12.3. The highest BCUT2D eigenvalue weighted by Crippen LogP contribution is 2.29. The molecule has 0 aliphatic carbocycles. The van der Waals surface area contributed by atoms with Gasteiger partial charge in [-0.3, -0.25) is 9.69 Å². The third-order valence-electron chi connectivity index (χ3n) is 4.53. The first-order valence-electron chi connectivity index (χ1n) is 8.31. The zero-order valence-corrected chi connectivity index (χ0v) is 15.4. The van der Waals surface area contributed by atoms with Gasteiger partial charge in [-0.15, -0.1) is 0 Å². The van der Waals surface area contributed by atoms with E-state index in [4.69, 9.17) is 11.6 Å². The van der Waals surface area contributed by atoms with Gasteiger partial charge in [-0.25, -0.2) is 9.78 Å². The molecule has 1 aromatic carbocycles. The second-order valence-corrected chi connectivity index (χ2v) is 7.32. The molecule has 1 aliphatic heterocycles. The third-order valence-corrected chi connectivity index (χ3v) is 4.79. The SMILES string of the molecule is CC1(C)C(=O)N(Cc2ccc(Cl)cc2)C(=O)N1CC(O)Cn1ccnc1. The van der Waals surface area contributed by atoms with Gasteiger partial charge in [-0.1, -0.05) is 23.7 Å². The molecule has 138 valence electrons. The summed E-state index contributed by atoms with van der Waals surface area (Å²) in [4.78, 5) is 32.1. The van der Waals surface area contributed by atoms with Crippen LogP contribution in [0.2, 0.25) is 5.02 Å². The molecule has 1 atom stereocenters. The smallest absolute Gasteiger partial charge is 0.328 e. The summed E-state index contributed by atoms with van der Waals surface area (Å²) >= 11 is 5.88. The number of nitrogens with zero attached hydrogens (tertiary/aromatic N) is 4. The molecule has 0 radical (unpaired) electrons. The van der Waals surface area contributed by atoms with Crippen molar-refractivity contribution in [2.75, 3.05) is 6.54 Å². The first-order valence-corrected chi connectivity index (χ1v) is 8.68. The van der Waals surface area contributed by atoms with Crippen LogP contribution in [0.1, 0.15) is 19.4 Å². The lowest BCUT2D eigenvalue weighted by atomic mass is 10.0. The maximum Gasteiger partial charge on any atom is 0.328 e. The van der Waals surface area contributed by atoms with Crippen molar-refractivity contribution in [3.05, 3.63) is 53.6 Å². The van der Waals surface area contributed by atoms with Crippen LogP contribution in [0.4, 0.5) is 4.79 Å². The van der Waals surface area contributed by atoms with Crippen LogP contribution in [0.5, 0.6) is 0 Å². The Morgan fingerprint density at radius 2 is 1.88 bits per heavy atom. The predicted molar refractivity (Wildman–Crippen MR) is 96.4 cm³/mol. The van der Waals surface area contributed by atoms with E-state index in [0.29, 0.717) is 11.6 Å². The number of carbonyl (C=O) groups is 2. The quantitative estimate of drug-likeness (QED) is 0.783. The molecule has 0 bridgehead atoms. The van der Waals surface area contributed by atoms with Gasteiger partial charge in [-0.2, -0.15) is 0 Å². The second-order valence-electron chi connectivity index (χ2n) is 6.88. The number of hydrogen-bond donors (Lipinski definition) is 1. The lowest BCUT2D eigenvalue weighted by molar-refractivity contribution is -0.132. The van der Waals surface area contributed by atoms with E-state index in [0.717, 1.165) is 5.56 Å². The Balaban J connectivity index is 1.73. The highest BCUT2D eigenvalue weighted by atomic mass is 35.5. The van der Waals surface area contributed by atoms with Gasteiger partial charge in [-0.05, 0) is 31.5 Å². The van der Waals surface area contributed by atoms with Gasteiger partial charge in [0, 0.05) is 17.4 Å². The third kappa shape index (κ3) is 3.59. The molecule has 2 aromatic rings. The number of halogens is 1. The number of amides is 3. The molecule has 8 heteroatoms. The predicted octanol–water partition coefficient (Wildman–Crippen LogP) is 2.14. The maximum absolute atomic E-state index is 12.8. The Labute approximate surface area is 156 Å². The summed E-state index contributed by atoms with van der Waals surface area (Å²) in [7, 11) is 0. The highest BCUT2D eigenvalue weighted by molar-refractivity contribution is 6.30. The zero-order chi connectivity index (χ0) is 18.9. The van der Waals surface area contributed by atoms with Crippen molar-refractivity contribution in [3.63, 3.8) is 0 Å². The molecule has 1 aromatic heterocycles. The number of imide groups is 1. The Morgan fingerprint density at radius 1 is 1.19 bits per heavy atom. The Morgan fingerprint density at radius 3 is 2.50 bits per heavy atom. The summed E-state index contributed by atoms with van der Waals surface area (Å²) in [5, 5.41) is 10.9. The van der Waals surface area contributed by atoms with Crippen LogP contribution in [-0.4, -0.2) is 54.6 Å². The van der Waals surface area contributed by atoms with Gasteiger partial charge in [0.1, 0.15) is 5.54 Å². The molecule has 0 spiro atoms. The van der Waals surface area contributed by atoms with Crippen LogP contribution >= 0.6 is 11.6 Å². The number of aromatic nitrogens is 2. The van der Waals surface area contributed by atoms with E-state index in [-0.39, 0.29) is 19.0 Å². The summed E-state index contributed by atoms with van der Waals surface area (Å²) in [6.07, 6.45) is 4.14. The lowest BCUT2D eigenvalue weighted by Crippen LogP contribution is -2.48. The average molecular weight is 377 g/mol. The van der Waals surface area contributed by atoms with Crippen molar-refractivity contribution in [2.45, 2.75) is 38.6 Å². The molecule has 0 saturated carbocycles. The maximum atomic E-state index is 12.8. The Bertz CT molecular complexity index is 789. The molecular weight excluding hydrogens is 356 g/mol. The number of imidazole rings is 1. The number of β-amino-alcohol motifs (C(OH)–C–C–N with tert-alkyl or cyclic N) is 1. The average Bonchev–Trinajstić information content (AvgIpc) is 3.15. The number of benzene rings is 1. The van der Waals surface area contributed by atoms with Crippen LogP contribution in [0, 0.1) is 0 Å². The normalized spacial score (nSPS) is 17.8. The molecule has 1 N–H and O–H groups in total. The van der Waals surface area contributed by atoms with Gasteiger partial charge < -0.3 is 14.6 Å². The number of carbonyl (C=O) groups excluding carboxylic acids is 2. The lowest BCUT2D eigenvalue weighted by Gasteiger charge is -2.29. The van der Waals surface area contributed by atoms with Gasteiger partial charge in [0.25, 0.3) is 5.91 Å². The molecule has 1 unspecified atom stereocenters. The van der Waals surface area contributed by atoms with Crippen molar-refractivity contribution in [2.24, 2.45) is 0 Å². The fourth-order valence-electron chi connectivity index (χ4n) is 3.04. The summed E-state index contributed by atoms with van der Waals surface area (Å²) in [5.74, 6) is -0.285. The van der Waals surface area contributed by atoms with Crippen LogP contribution in [0.15, 0.2) is 43.0 Å².